The summed E-state index contributed by atoms with van der Waals surface area (Å²) < 4.78 is 45.6. The van der Waals surface area contributed by atoms with E-state index < -0.39 is 26.5 Å². The molecule has 10 heteroatoms. The Kier molecular flexibility index (Phi) is 4.85. The zero-order valence-corrected chi connectivity index (χ0v) is 14.0. The molecule has 0 saturated carbocycles. The van der Waals surface area contributed by atoms with Gasteiger partial charge in [-0.1, -0.05) is 15.9 Å². The summed E-state index contributed by atoms with van der Waals surface area (Å²) in [4.78, 5) is 9.85. The smallest absolute Gasteiger partial charge is 0.296 e. The molecule has 2 rings (SSSR count). The first-order chi connectivity index (χ1) is 10.7. The lowest BCUT2D eigenvalue weighted by molar-refractivity contribution is -0.384. The molecule has 0 radical (unpaired) electrons. The normalized spacial score (nSPS) is 11.1. The van der Waals surface area contributed by atoms with E-state index in [4.69, 9.17) is 4.74 Å². The molecular weight excluding hydrogens is 395 g/mol. The fourth-order valence-electron chi connectivity index (χ4n) is 1.80. The standard InChI is InChI=1S/C13H10BrFN2O5S/c1-22-12-5-2-8(14)6-13(12)23(20,21)16-10-4-3-9(15)7-11(10)17(18)19/h2-7,16H,1H3. The van der Waals surface area contributed by atoms with Crippen LogP contribution < -0.4 is 9.46 Å². The Balaban J connectivity index is 2.52. The third-order valence-electron chi connectivity index (χ3n) is 2.82. The van der Waals surface area contributed by atoms with Crippen molar-refractivity contribution in [2.24, 2.45) is 0 Å². The lowest BCUT2D eigenvalue weighted by atomic mass is 10.3. The summed E-state index contributed by atoms with van der Waals surface area (Å²) in [6, 6.07) is 6.83. The molecule has 0 fully saturated rings. The number of nitrogens with zero attached hydrogens (tertiary/aromatic N) is 1. The van der Waals surface area contributed by atoms with E-state index in [-0.39, 0.29) is 16.3 Å². The first kappa shape index (κ1) is 17.2. The van der Waals surface area contributed by atoms with Gasteiger partial charge in [0.05, 0.1) is 18.1 Å². The minimum absolute atomic E-state index is 0.0606. The SMILES string of the molecule is COc1ccc(Br)cc1S(=O)(=O)Nc1ccc(F)cc1[N+](=O)[O-]. The summed E-state index contributed by atoms with van der Waals surface area (Å²) in [7, 11) is -2.89. The van der Waals surface area contributed by atoms with Crippen molar-refractivity contribution in [1.29, 1.82) is 0 Å². The van der Waals surface area contributed by atoms with Crippen LogP contribution in [0.1, 0.15) is 0 Å². The van der Waals surface area contributed by atoms with Gasteiger partial charge in [0.15, 0.2) is 0 Å². The molecular formula is C13H10BrFN2O5S. The van der Waals surface area contributed by atoms with Crippen LogP contribution in [0.15, 0.2) is 45.8 Å². The van der Waals surface area contributed by atoms with Crippen molar-refractivity contribution in [3.63, 3.8) is 0 Å². The van der Waals surface area contributed by atoms with E-state index in [1.807, 2.05) is 0 Å². The number of nitro groups is 1. The second kappa shape index (κ2) is 6.50. The molecule has 0 aliphatic heterocycles. The predicted octanol–water partition coefficient (Wildman–Crippen LogP) is 3.31. The van der Waals surface area contributed by atoms with Gasteiger partial charge in [-0.15, -0.1) is 0 Å². The van der Waals surface area contributed by atoms with Crippen LogP contribution in [0, 0.1) is 15.9 Å². The highest BCUT2D eigenvalue weighted by Crippen LogP contribution is 2.32. The Hall–Kier alpha value is -2.20. The molecule has 1 N–H and O–H groups in total. The zero-order chi connectivity index (χ0) is 17.2. The third kappa shape index (κ3) is 3.77. The Morgan fingerprint density at radius 1 is 1.26 bits per heavy atom. The highest BCUT2D eigenvalue weighted by molar-refractivity contribution is 9.10. The maximum absolute atomic E-state index is 13.1. The van der Waals surface area contributed by atoms with Crippen LogP contribution in [0.25, 0.3) is 0 Å². The maximum Gasteiger partial charge on any atom is 0.296 e. The molecule has 0 aliphatic rings. The summed E-state index contributed by atoms with van der Waals surface area (Å²) in [6.45, 7) is 0. The Morgan fingerprint density at radius 2 is 1.96 bits per heavy atom. The number of sulfonamides is 1. The van der Waals surface area contributed by atoms with Crippen molar-refractivity contribution in [2.75, 3.05) is 11.8 Å². The van der Waals surface area contributed by atoms with Gasteiger partial charge >= 0.3 is 0 Å². The largest absolute Gasteiger partial charge is 0.495 e. The van der Waals surface area contributed by atoms with Crippen LogP contribution in [0.5, 0.6) is 5.75 Å². The minimum Gasteiger partial charge on any atom is -0.495 e. The lowest BCUT2D eigenvalue weighted by Gasteiger charge is -2.12. The van der Waals surface area contributed by atoms with Crippen LogP contribution in [-0.4, -0.2) is 20.5 Å². The molecule has 2 aromatic rings. The van der Waals surface area contributed by atoms with Gasteiger partial charge in [-0.2, -0.15) is 0 Å². The van der Waals surface area contributed by atoms with Crippen molar-refractivity contribution in [3.8, 4) is 5.75 Å². The number of anilines is 1. The fourth-order valence-corrected chi connectivity index (χ4v) is 3.59. The predicted molar refractivity (Wildman–Crippen MR) is 84.6 cm³/mol. The first-order valence-electron chi connectivity index (χ1n) is 6.05. The van der Waals surface area contributed by atoms with Crippen molar-refractivity contribution < 1.29 is 22.5 Å². The molecule has 0 aliphatic carbocycles. The molecule has 0 heterocycles. The summed E-state index contributed by atoms with van der Waals surface area (Å²) in [6.07, 6.45) is 0. The molecule has 0 unspecified atom stereocenters. The van der Waals surface area contributed by atoms with Gasteiger partial charge in [0.1, 0.15) is 22.1 Å². The van der Waals surface area contributed by atoms with Crippen LogP contribution in [0.4, 0.5) is 15.8 Å². The minimum atomic E-state index is -4.18. The second-order valence-corrected chi connectivity index (χ2v) is 6.89. The van der Waals surface area contributed by atoms with Crippen molar-refractivity contribution in [3.05, 3.63) is 56.8 Å². The van der Waals surface area contributed by atoms with Gasteiger partial charge in [-0.3, -0.25) is 14.8 Å². The van der Waals surface area contributed by atoms with Gasteiger partial charge in [-0.25, -0.2) is 12.8 Å². The quantitative estimate of drug-likeness (QED) is 0.608. The molecule has 0 amide bonds. The fraction of sp³-hybridized carbons (Fsp3) is 0.0769. The summed E-state index contributed by atoms with van der Waals surface area (Å²) in [5.74, 6) is -0.787. The number of hydrogen-bond donors (Lipinski definition) is 1. The van der Waals surface area contributed by atoms with Crippen molar-refractivity contribution in [1.82, 2.24) is 0 Å². The van der Waals surface area contributed by atoms with Crippen molar-refractivity contribution >= 4 is 37.3 Å². The molecule has 0 saturated heterocycles. The lowest BCUT2D eigenvalue weighted by Crippen LogP contribution is -2.15. The molecule has 0 bridgehead atoms. The number of benzene rings is 2. The highest BCUT2D eigenvalue weighted by atomic mass is 79.9. The van der Waals surface area contributed by atoms with Crippen molar-refractivity contribution in [2.45, 2.75) is 4.90 Å². The molecule has 0 aromatic heterocycles. The van der Waals surface area contributed by atoms with Gasteiger partial charge in [0.25, 0.3) is 15.7 Å². The number of hydrogen-bond acceptors (Lipinski definition) is 5. The number of halogens is 2. The molecule has 23 heavy (non-hydrogen) atoms. The summed E-state index contributed by atoms with van der Waals surface area (Å²) in [5.41, 5.74) is -1.04. The van der Waals surface area contributed by atoms with Gasteiger partial charge < -0.3 is 4.74 Å². The van der Waals surface area contributed by atoms with E-state index in [2.05, 4.69) is 20.7 Å². The van der Waals surface area contributed by atoms with Crippen LogP contribution in [0.3, 0.4) is 0 Å². The number of methoxy groups -OCH3 is 1. The van der Waals surface area contributed by atoms with E-state index in [0.717, 1.165) is 12.1 Å². The van der Waals surface area contributed by atoms with Gasteiger partial charge in [0.2, 0.25) is 0 Å². The monoisotopic (exact) mass is 404 g/mol. The number of nitro benzene ring substituents is 1. The molecule has 0 spiro atoms. The first-order valence-corrected chi connectivity index (χ1v) is 8.32. The van der Waals surface area contributed by atoms with Gasteiger partial charge in [0, 0.05) is 4.47 Å². The maximum atomic E-state index is 13.1. The van der Waals surface area contributed by atoms with E-state index >= 15 is 0 Å². The summed E-state index contributed by atoms with van der Waals surface area (Å²) >= 11 is 3.15. The number of rotatable bonds is 5. The molecule has 0 atom stereocenters. The highest BCUT2D eigenvalue weighted by Gasteiger charge is 2.24. The molecule has 7 nitrogen and oxygen atoms in total. The van der Waals surface area contributed by atoms with Crippen LogP contribution in [0.2, 0.25) is 0 Å². The van der Waals surface area contributed by atoms with E-state index in [9.17, 15) is 22.9 Å². The topological polar surface area (TPSA) is 98.5 Å². The number of ether oxygens (including phenoxy) is 1. The van der Waals surface area contributed by atoms with Gasteiger partial charge in [-0.05, 0) is 30.3 Å². The third-order valence-corrected chi connectivity index (χ3v) is 4.70. The average Bonchev–Trinajstić information content (AvgIpc) is 2.48. The van der Waals surface area contributed by atoms with Crippen LogP contribution in [-0.2, 0) is 10.0 Å². The zero-order valence-electron chi connectivity index (χ0n) is 11.6. The Labute approximate surface area is 139 Å². The Morgan fingerprint density at radius 3 is 2.57 bits per heavy atom. The number of nitrogens with one attached hydrogen (secondary N) is 1. The van der Waals surface area contributed by atoms with E-state index in [1.54, 1.807) is 6.07 Å². The average molecular weight is 405 g/mol. The second-order valence-electron chi connectivity index (χ2n) is 4.32. The molecule has 2 aromatic carbocycles. The van der Waals surface area contributed by atoms with E-state index in [0.29, 0.717) is 10.5 Å². The summed E-state index contributed by atoms with van der Waals surface area (Å²) in [5, 5.41) is 10.9. The Bertz CT molecular complexity index is 873. The van der Waals surface area contributed by atoms with E-state index in [1.165, 1.54) is 19.2 Å². The van der Waals surface area contributed by atoms with Crippen LogP contribution >= 0.6 is 15.9 Å². The molecule has 122 valence electrons.